The van der Waals surface area contributed by atoms with Crippen molar-refractivity contribution in [2.45, 2.75) is 50.6 Å². The quantitative estimate of drug-likeness (QED) is 0.641. The van der Waals surface area contributed by atoms with Gasteiger partial charge in [0.05, 0.1) is 6.04 Å². The maximum atomic E-state index is 12.8. The lowest BCUT2D eigenvalue weighted by atomic mass is 10.1. The Morgan fingerprint density at radius 2 is 1.67 bits per heavy atom. The molecule has 2 aliphatic rings. The van der Waals surface area contributed by atoms with Crippen LogP contribution in [0, 0.1) is 0 Å². The number of carbonyl (C=O) groups excluding carboxylic acids is 1. The van der Waals surface area contributed by atoms with Crippen LogP contribution in [0.5, 0.6) is 11.5 Å². The summed E-state index contributed by atoms with van der Waals surface area (Å²) in [6.07, 6.45) is 7.53. The number of thioether (sulfide) groups is 1. The Balaban J connectivity index is 1.33. The molecule has 1 N–H and O–H groups in total. The van der Waals surface area contributed by atoms with Crippen molar-refractivity contribution in [1.82, 2.24) is 4.90 Å². The van der Waals surface area contributed by atoms with Crippen molar-refractivity contribution in [3.05, 3.63) is 54.6 Å². The lowest BCUT2D eigenvalue weighted by molar-refractivity contribution is -0.118. The van der Waals surface area contributed by atoms with Crippen LogP contribution in [0.1, 0.15) is 38.5 Å². The van der Waals surface area contributed by atoms with E-state index in [-0.39, 0.29) is 11.9 Å². The number of aliphatic imine (C=N–C) groups is 1. The summed E-state index contributed by atoms with van der Waals surface area (Å²) in [5, 5.41) is 4.04. The Morgan fingerprint density at radius 1 is 1.00 bits per heavy atom. The fourth-order valence-electron chi connectivity index (χ4n) is 3.88. The molecule has 6 heteroatoms. The number of nitrogens with zero attached hydrogens (tertiary/aromatic N) is 2. The molecule has 0 bridgehead atoms. The zero-order chi connectivity index (χ0) is 20.8. The molecule has 0 spiro atoms. The molecule has 0 radical (unpaired) electrons. The summed E-state index contributed by atoms with van der Waals surface area (Å²) < 4.78 is 5.81. The van der Waals surface area contributed by atoms with E-state index in [0.717, 1.165) is 28.1 Å². The maximum Gasteiger partial charge on any atom is 0.248 e. The fourth-order valence-corrected chi connectivity index (χ4v) is 5.12. The highest BCUT2D eigenvalue weighted by atomic mass is 32.2. The van der Waals surface area contributed by atoms with Gasteiger partial charge in [0.25, 0.3) is 0 Å². The van der Waals surface area contributed by atoms with E-state index in [9.17, 15) is 4.79 Å². The van der Waals surface area contributed by atoms with Crippen LogP contribution < -0.4 is 10.1 Å². The average Bonchev–Trinajstić information content (AvgIpc) is 2.95. The molecule has 1 heterocycles. The van der Waals surface area contributed by atoms with E-state index in [4.69, 9.17) is 9.73 Å². The minimum atomic E-state index is -0.195. The second kappa shape index (κ2) is 10.0. The van der Waals surface area contributed by atoms with Crippen molar-refractivity contribution >= 4 is 28.5 Å². The molecule has 1 unspecified atom stereocenters. The number of ether oxygens (including phenoxy) is 1. The summed E-state index contributed by atoms with van der Waals surface area (Å²) >= 11 is 1.70. The van der Waals surface area contributed by atoms with Crippen LogP contribution in [0.15, 0.2) is 59.6 Å². The third kappa shape index (κ3) is 5.36. The van der Waals surface area contributed by atoms with Gasteiger partial charge in [-0.15, -0.1) is 0 Å². The molecule has 1 saturated carbocycles. The second-order valence-corrected chi connectivity index (χ2v) is 8.91. The fraction of sp³-hybridized carbons (Fsp3) is 0.417. The molecular weight excluding hydrogens is 394 g/mol. The Hall–Kier alpha value is -2.47. The smallest absolute Gasteiger partial charge is 0.248 e. The molecule has 1 aliphatic carbocycles. The lowest BCUT2D eigenvalue weighted by Gasteiger charge is -2.21. The Morgan fingerprint density at radius 3 is 2.37 bits per heavy atom. The van der Waals surface area contributed by atoms with Gasteiger partial charge in [-0.05, 0) is 49.2 Å². The van der Waals surface area contributed by atoms with Crippen molar-refractivity contribution in [2.24, 2.45) is 4.99 Å². The van der Waals surface area contributed by atoms with Crippen molar-refractivity contribution in [1.29, 1.82) is 0 Å². The third-order valence-electron chi connectivity index (χ3n) is 5.66. The molecule has 2 aromatic carbocycles. The van der Waals surface area contributed by atoms with E-state index in [1.807, 2.05) is 66.5 Å². The van der Waals surface area contributed by atoms with Crippen LogP contribution in [0.25, 0.3) is 0 Å². The van der Waals surface area contributed by atoms with E-state index in [0.29, 0.717) is 6.04 Å². The predicted molar refractivity (Wildman–Crippen MR) is 125 cm³/mol. The number of hydrogen-bond acceptors (Lipinski definition) is 4. The summed E-state index contributed by atoms with van der Waals surface area (Å²) in [5.74, 6) is 2.28. The second-order valence-electron chi connectivity index (χ2n) is 7.92. The first-order valence-electron chi connectivity index (χ1n) is 10.8. The zero-order valence-electron chi connectivity index (χ0n) is 17.4. The number of amidine groups is 1. The van der Waals surface area contributed by atoms with Crippen LogP contribution in [-0.4, -0.2) is 40.9 Å². The number of anilines is 1. The number of likely N-dealkylation sites (N-methyl/N-ethyl adjacent to an activating group) is 1. The highest BCUT2D eigenvalue weighted by Crippen LogP contribution is 2.28. The first-order chi connectivity index (χ1) is 14.7. The van der Waals surface area contributed by atoms with Crippen LogP contribution >= 0.6 is 11.8 Å². The SMILES string of the molecule is CN1C(=NC2CCCCCC2)SCC1C(=O)Nc1ccc(Oc2ccccc2)cc1. The van der Waals surface area contributed by atoms with Gasteiger partial charge in [-0.3, -0.25) is 9.79 Å². The largest absolute Gasteiger partial charge is 0.457 e. The molecule has 30 heavy (non-hydrogen) atoms. The standard InChI is InChI=1S/C24H29N3O2S/c1-27-22(17-30-24(27)26-18-9-5-2-3-6-10-18)23(28)25-19-13-15-21(16-14-19)29-20-11-7-4-8-12-20/h4,7-8,11-16,18,22H,2-3,5-6,9-10,17H2,1H3,(H,25,28). The van der Waals surface area contributed by atoms with Crippen molar-refractivity contribution in [2.75, 3.05) is 18.1 Å². The molecule has 2 fully saturated rings. The third-order valence-corrected chi connectivity index (χ3v) is 6.79. The monoisotopic (exact) mass is 423 g/mol. The first kappa shape index (κ1) is 20.8. The summed E-state index contributed by atoms with van der Waals surface area (Å²) in [6, 6.07) is 17.4. The van der Waals surface area contributed by atoms with Gasteiger partial charge in [-0.2, -0.15) is 0 Å². The number of hydrogen-bond donors (Lipinski definition) is 1. The van der Waals surface area contributed by atoms with Crippen LogP contribution in [0.4, 0.5) is 5.69 Å². The summed E-state index contributed by atoms with van der Waals surface area (Å²) in [4.78, 5) is 19.9. The lowest BCUT2D eigenvalue weighted by Crippen LogP contribution is -2.40. The van der Waals surface area contributed by atoms with E-state index in [2.05, 4.69) is 5.32 Å². The Bertz CT molecular complexity index is 862. The first-order valence-corrected chi connectivity index (χ1v) is 11.7. The minimum absolute atomic E-state index is 0.00722. The maximum absolute atomic E-state index is 12.8. The molecule has 0 aromatic heterocycles. The average molecular weight is 424 g/mol. The summed E-state index contributed by atoms with van der Waals surface area (Å²) in [6.45, 7) is 0. The van der Waals surface area contributed by atoms with Crippen LogP contribution in [0.2, 0.25) is 0 Å². The van der Waals surface area contributed by atoms with Crippen LogP contribution in [0.3, 0.4) is 0 Å². The molecule has 1 atom stereocenters. The van der Waals surface area contributed by atoms with E-state index in [1.54, 1.807) is 11.8 Å². The number of nitrogens with one attached hydrogen (secondary N) is 1. The van der Waals surface area contributed by atoms with E-state index >= 15 is 0 Å². The Labute approximate surface area is 182 Å². The molecular formula is C24H29N3O2S. The number of benzene rings is 2. The van der Waals surface area contributed by atoms with Gasteiger partial charge in [-0.1, -0.05) is 55.6 Å². The van der Waals surface area contributed by atoms with Gasteiger partial charge >= 0.3 is 0 Å². The molecule has 1 saturated heterocycles. The normalized spacial score (nSPS) is 21.4. The van der Waals surface area contributed by atoms with Crippen molar-refractivity contribution in [3.63, 3.8) is 0 Å². The molecule has 4 rings (SSSR count). The predicted octanol–water partition coefficient (Wildman–Crippen LogP) is 5.54. The highest BCUT2D eigenvalue weighted by Gasteiger charge is 2.33. The topological polar surface area (TPSA) is 53.9 Å². The van der Waals surface area contributed by atoms with Crippen LogP contribution in [-0.2, 0) is 4.79 Å². The minimum Gasteiger partial charge on any atom is -0.457 e. The van der Waals surface area contributed by atoms with E-state index in [1.165, 1.54) is 38.5 Å². The molecule has 1 aliphatic heterocycles. The van der Waals surface area contributed by atoms with Gasteiger partial charge in [-0.25, -0.2) is 0 Å². The number of carbonyl (C=O) groups is 1. The van der Waals surface area contributed by atoms with Crippen molar-refractivity contribution < 1.29 is 9.53 Å². The molecule has 1 amide bonds. The number of amides is 1. The molecule has 5 nitrogen and oxygen atoms in total. The summed E-state index contributed by atoms with van der Waals surface area (Å²) in [5.41, 5.74) is 0.771. The Kier molecular flexibility index (Phi) is 6.95. The van der Waals surface area contributed by atoms with Gasteiger partial charge in [0, 0.05) is 18.5 Å². The molecule has 2 aromatic rings. The van der Waals surface area contributed by atoms with E-state index < -0.39 is 0 Å². The highest BCUT2D eigenvalue weighted by molar-refractivity contribution is 8.14. The van der Waals surface area contributed by atoms with Gasteiger partial charge in [0.1, 0.15) is 17.5 Å². The number of rotatable bonds is 5. The van der Waals surface area contributed by atoms with Crippen molar-refractivity contribution in [3.8, 4) is 11.5 Å². The van der Waals surface area contributed by atoms with Gasteiger partial charge in [0.2, 0.25) is 5.91 Å². The number of para-hydroxylation sites is 1. The summed E-state index contributed by atoms with van der Waals surface area (Å²) in [7, 11) is 1.98. The molecule has 158 valence electrons. The van der Waals surface area contributed by atoms with Gasteiger partial charge in [0.15, 0.2) is 5.17 Å². The van der Waals surface area contributed by atoms with Gasteiger partial charge < -0.3 is 15.0 Å². The zero-order valence-corrected chi connectivity index (χ0v) is 18.2.